The fourth-order valence-corrected chi connectivity index (χ4v) is 5.70. The molecule has 8 N–H and O–H groups in total. The SMILES string of the molecule is COc1cc(OC2OC(C3(O)C=CC(N)C(CC=O)C3)C(O)C(O)C2O)c2c(O)c(C(C)=O)c(C)cc2c1CO. The number of hydrogen-bond acceptors (Lipinski definition) is 12. The summed E-state index contributed by atoms with van der Waals surface area (Å²) in [7, 11) is 1.36. The second kappa shape index (κ2) is 11.4. The molecule has 8 atom stereocenters. The van der Waals surface area contributed by atoms with Crippen LogP contribution in [0.4, 0.5) is 0 Å². The van der Waals surface area contributed by atoms with Gasteiger partial charge in [-0.15, -0.1) is 0 Å². The molecule has 218 valence electrons. The molecule has 12 nitrogen and oxygen atoms in total. The molecule has 1 aliphatic carbocycles. The monoisotopic (exact) mass is 561 g/mol. The Balaban J connectivity index is 1.80. The van der Waals surface area contributed by atoms with Crippen molar-refractivity contribution >= 4 is 22.8 Å². The number of benzene rings is 2. The molecular weight excluding hydrogens is 526 g/mol. The van der Waals surface area contributed by atoms with Crippen molar-refractivity contribution in [3.8, 4) is 17.2 Å². The maximum atomic E-state index is 12.3. The van der Waals surface area contributed by atoms with Crippen molar-refractivity contribution in [2.24, 2.45) is 11.7 Å². The Kier molecular flexibility index (Phi) is 8.52. The standard InChI is InChI=1S/C28H35NO11/c1-12-8-15-16(11-31)18(38-3)9-19(21(15)22(33)20(12)13(2)32)39-27-25(36)23(34)24(35)26(40-27)28(37)6-4-17(29)14(10-28)5-7-30/h4,6-9,14,17,23-27,31,33-37H,5,10-11,29H2,1-3H3. The number of carbonyl (C=O) groups excluding carboxylic acids is 2. The summed E-state index contributed by atoms with van der Waals surface area (Å²) < 4.78 is 17.2. The number of aromatic hydroxyl groups is 1. The molecule has 1 fully saturated rings. The van der Waals surface area contributed by atoms with Crippen molar-refractivity contribution in [2.45, 2.75) is 75.6 Å². The fraction of sp³-hybridized carbons (Fsp3) is 0.500. The third-order valence-electron chi connectivity index (χ3n) is 7.80. The molecule has 0 saturated carbocycles. The van der Waals surface area contributed by atoms with E-state index in [0.29, 0.717) is 22.8 Å². The van der Waals surface area contributed by atoms with E-state index in [4.69, 9.17) is 19.9 Å². The number of ketones is 1. The minimum absolute atomic E-state index is 0.0157. The zero-order valence-corrected chi connectivity index (χ0v) is 22.4. The summed E-state index contributed by atoms with van der Waals surface area (Å²) in [5.74, 6) is -1.29. The smallest absolute Gasteiger partial charge is 0.229 e. The first-order valence-electron chi connectivity index (χ1n) is 12.8. The van der Waals surface area contributed by atoms with Gasteiger partial charge in [-0.05, 0) is 43.2 Å². The van der Waals surface area contributed by atoms with Crippen LogP contribution in [-0.2, 0) is 16.1 Å². The highest BCUT2D eigenvalue weighted by molar-refractivity contribution is 6.08. The molecule has 0 aromatic heterocycles. The van der Waals surface area contributed by atoms with Gasteiger partial charge in [0.15, 0.2) is 5.78 Å². The van der Waals surface area contributed by atoms with Gasteiger partial charge in [0.1, 0.15) is 53.6 Å². The first-order valence-corrected chi connectivity index (χ1v) is 12.8. The second-order valence-corrected chi connectivity index (χ2v) is 10.4. The summed E-state index contributed by atoms with van der Waals surface area (Å²) >= 11 is 0. The van der Waals surface area contributed by atoms with Crippen molar-refractivity contribution in [2.75, 3.05) is 7.11 Å². The lowest BCUT2D eigenvalue weighted by molar-refractivity contribution is -0.300. The summed E-state index contributed by atoms with van der Waals surface area (Å²) in [5, 5.41) is 65.2. The number of rotatable bonds is 8. The Bertz CT molecular complexity index is 1330. The number of phenols is 1. The van der Waals surface area contributed by atoms with E-state index in [9.17, 15) is 40.2 Å². The predicted molar refractivity (Wildman–Crippen MR) is 141 cm³/mol. The molecule has 2 aromatic carbocycles. The van der Waals surface area contributed by atoms with Gasteiger partial charge in [0.2, 0.25) is 6.29 Å². The molecule has 0 amide bonds. The van der Waals surface area contributed by atoms with Crippen LogP contribution in [0.5, 0.6) is 17.2 Å². The van der Waals surface area contributed by atoms with Gasteiger partial charge < -0.3 is 55.4 Å². The molecule has 1 saturated heterocycles. The molecule has 4 rings (SSSR count). The first kappa shape index (κ1) is 29.9. The highest BCUT2D eigenvalue weighted by Gasteiger charge is 2.54. The second-order valence-electron chi connectivity index (χ2n) is 10.4. The van der Waals surface area contributed by atoms with Gasteiger partial charge in [-0.2, -0.15) is 0 Å². The quantitative estimate of drug-likeness (QED) is 0.129. The van der Waals surface area contributed by atoms with Gasteiger partial charge >= 0.3 is 0 Å². The highest BCUT2D eigenvalue weighted by Crippen LogP contribution is 2.45. The number of ether oxygens (including phenoxy) is 3. The minimum Gasteiger partial charge on any atom is -0.506 e. The number of aldehydes is 1. The summed E-state index contributed by atoms with van der Waals surface area (Å²) in [6, 6.07) is 2.38. The Morgan fingerprint density at radius 1 is 1.20 bits per heavy atom. The van der Waals surface area contributed by atoms with Crippen molar-refractivity contribution < 1.29 is 54.4 Å². The average molecular weight is 562 g/mol. The maximum Gasteiger partial charge on any atom is 0.229 e. The third-order valence-corrected chi connectivity index (χ3v) is 7.80. The van der Waals surface area contributed by atoms with Crippen molar-refractivity contribution in [3.63, 3.8) is 0 Å². The van der Waals surface area contributed by atoms with Gasteiger partial charge in [0.05, 0.1) is 24.7 Å². The molecular formula is C28H35NO11. The van der Waals surface area contributed by atoms with Crippen LogP contribution < -0.4 is 15.2 Å². The number of aliphatic hydroxyl groups excluding tert-OH is 4. The Morgan fingerprint density at radius 2 is 1.90 bits per heavy atom. The number of aliphatic hydroxyl groups is 5. The lowest BCUT2D eigenvalue weighted by Gasteiger charge is -2.48. The summed E-state index contributed by atoms with van der Waals surface area (Å²) in [5.41, 5.74) is 4.92. The first-order chi connectivity index (χ1) is 18.9. The lowest BCUT2D eigenvalue weighted by atomic mass is 9.73. The topological polar surface area (TPSA) is 209 Å². The van der Waals surface area contributed by atoms with E-state index in [1.54, 1.807) is 13.0 Å². The molecule has 12 heteroatoms. The fourth-order valence-electron chi connectivity index (χ4n) is 5.70. The molecule has 0 radical (unpaired) electrons. The van der Waals surface area contributed by atoms with Crippen LogP contribution in [0, 0.1) is 12.8 Å². The number of methoxy groups -OCH3 is 1. The Hall–Kier alpha value is -3.10. The minimum atomic E-state index is -1.88. The van der Waals surface area contributed by atoms with Crippen molar-refractivity contribution in [1.29, 1.82) is 0 Å². The van der Waals surface area contributed by atoms with E-state index in [0.717, 1.165) is 0 Å². The number of carbonyl (C=O) groups is 2. The van der Waals surface area contributed by atoms with Gasteiger partial charge in [0, 0.05) is 24.1 Å². The number of phenolic OH excluding ortho intramolecular Hbond substituents is 1. The molecule has 0 bridgehead atoms. The zero-order chi connectivity index (χ0) is 29.5. The summed E-state index contributed by atoms with van der Waals surface area (Å²) in [6.07, 6.45) is -5.13. The molecule has 8 unspecified atom stereocenters. The number of Topliss-reactive ketones (excluding diaryl/α,β-unsaturated/α-hetero) is 1. The molecule has 1 aliphatic heterocycles. The number of hydrogen-bond donors (Lipinski definition) is 7. The largest absolute Gasteiger partial charge is 0.506 e. The van der Waals surface area contributed by atoms with Crippen LogP contribution in [0.2, 0.25) is 0 Å². The average Bonchev–Trinajstić information content (AvgIpc) is 2.90. The normalized spacial score (nSPS) is 32.2. The maximum absolute atomic E-state index is 12.3. The van der Waals surface area contributed by atoms with E-state index in [1.165, 1.54) is 32.3 Å². The van der Waals surface area contributed by atoms with Gasteiger partial charge in [-0.1, -0.05) is 12.2 Å². The van der Waals surface area contributed by atoms with Crippen LogP contribution in [0.25, 0.3) is 10.8 Å². The van der Waals surface area contributed by atoms with Gasteiger partial charge in [-0.25, -0.2) is 0 Å². The Labute approximate surface area is 230 Å². The van der Waals surface area contributed by atoms with Crippen molar-refractivity contribution in [3.05, 3.63) is 41.0 Å². The molecule has 1 heterocycles. The molecule has 2 aromatic rings. The summed E-state index contributed by atoms with van der Waals surface area (Å²) in [4.78, 5) is 23.5. The van der Waals surface area contributed by atoms with Crippen LogP contribution in [0.3, 0.4) is 0 Å². The van der Waals surface area contributed by atoms with E-state index in [1.807, 2.05) is 0 Å². The molecule has 0 spiro atoms. The zero-order valence-electron chi connectivity index (χ0n) is 22.4. The number of fused-ring (bicyclic) bond motifs is 1. The van der Waals surface area contributed by atoms with E-state index in [2.05, 4.69) is 0 Å². The van der Waals surface area contributed by atoms with E-state index >= 15 is 0 Å². The predicted octanol–water partition coefficient (Wildman–Crippen LogP) is -0.0328. The van der Waals surface area contributed by atoms with Gasteiger partial charge in [-0.3, -0.25) is 4.79 Å². The van der Waals surface area contributed by atoms with E-state index in [-0.39, 0.29) is 35.3 Å². The van der Waals surface area contributed by atoms with Crippen LogP contribution in [-0.4, -0.2) is 92.2 Å². The summed E-state index contributed by atoms with van der Waals surface area (Å²) in [6.45, 7) is 2.43. The third kappa shape index (κ3) is 5.07. The van der Waals surface area contributed by atoms with Crippen LogP contribution in [0.1, 0.15) is 41.3 Å². The molecule has 40 heavy (non-hydrogen) atoms. The number of aryl methyl sites for hydroxylation is 1. The van der Waals surface area contributed by atoms with E-state index < -0.39 is 66.4 Å². The lowest BCUT2D eigenvalue weighted by Crippen LogP contribution is -2.66. The van der Waals surface area contributed by atoms with Crippen LogP contribution >= 0.6 is 0 Å². The number of nitrogens with two attached hydrogens (primary N) is 1. The molecule has 2 aliphatic rings. The Morgan fingerprint density at radius 3 is 2.50 bits per heavy atom. The highest BCUT2D eigenvalue weighted by atomic mass is 16.7. The van der Waals surface area contributed by atoms with Gasteiger partial charge in [0.25, 0.3) is 0 Å². The van der Waals surface area contributed by atoms with Crippen LogP contribution in [0.15, 0.2) is 24.3 Å². The van der Waals surface area contributed by atoms with Crippen molar-refractivity contribution in [1.82, 2.24) is 0 Å².